The molecule has 3 heterocycles. The van der Waals surface area contributed by atoms with E-state index in [0.717, 1.165) is 55.9 Å². The summed E-state index contributed by atoms with van der Waals surface area (Å²) < 4.78 is 17.5. The predicted octanol–water partition coefficient (Wildman–Crippen LogP) is 3.12. The topological polar surface area (TPSA) is 69.5 Å². The summed E-state index contributed by atoms with van der Waals surface area (Å²) in [5.41, 5.74) is 0.713. The standard InChI is InChI=1S/C19H23BrN2O4S/c20-15-7-13(26-10-12-1-4-25-9-12)8-16-18(15)19(23)22-17(21-16)11-27-14-2-5-24-6-3-14/h7-8,12,14,18H,1-6,9-11H2. The second-order valence-corrected chi connectivity index (χ2v) is 9.28. The number of amides is 1. The summed E-state index contributed by atoms with van der Waals surface area (Å²) in [4.78, 5) is 21.4. The van der Waals surface area contributed by atoms with E-state index in [-0.39, 0.29) is 5.91 Å². The number of thioether (sulfide) groups is 1. The number of halogens is 1. The van der Waals surface area contributed by atoms with Gasteiger partial charge in [-0.05, 0) is 25.3 Å². The molecule has 146 valence electrons. The molecule has 2 saturated heterocycles. The van der Waals surface area contributed by atoms with Gasteiger partial charge in [-0.2, -0.15) is 16.8 Å². The fourth-order valence-corrected chi connectivity index (χ4v) is 5.15. The van der Waals surface area contributed by atoms with E-state index in [9.17, 15) is 4.79 Å². The highest BCUT2D eigenvalue weighted by Crippen LogP contribution is 2.32. The van der Waals surface area contributed by atoms with Gasteiger partial charge >= 0.3 is 0 Å². The molecule has 1 amide bonds. The minimum Gasteiger partial charge on any atom is -0.493 e. The fraction of sp³-hybridized carbons (Fsp3) is 0.632. The van der Waals surface area contributed by atoms with E-state index in [1.54, 1.807) is 0 Å². The smallest absolute Gasteiger partial charge is 0.261 e. The van der Waals surface area contributed by atoms with Crippen molar-refractivity contribution in [3.05, 3.63) is 22.4 Å². The Morgan fingerprint density at radius 3 is 2.74 bits per heavy atom. The highest BCUT2D eigenvalue weighted by atomic mass is 79.9. The maximum absolute atomic E-state index is 12.5. The van der Waals surface area contributed by atoms with E-state index in [0.29, 0.717) is 35.1 Å². The van der Waals surface area contributed by atoms with Gasteiger partial charge in [-0.3, -0.25) is 4.79 Å². The number of ether oxygens (including phenoxy) is 3. The number of carbonyl (C=O) groups is 1. The molecule has 0 aromatic heterocycles. The van der Waals surface area contributed by atoms with Crippen LogP contribution in [0.5, 0.6) is 0 Å². The molecule has 1 aliphatic carbocycles. The van der Waals surface area contributed by atoms with E-state index >= 15 is 0 Å². The number of nitrogens with zero attached hydrogens (tertiary/aromatic N) is 2. The van der Waals surface area contributed by atoms with Crippen LogP contribution in [0.4, 0.5) is 0 Å². The molecule has 4 rings (SSSR count). The van der Waals surface area contributed by atoms with Crippen LogP contribution in [0.3, 0.4) is 0 Å². The second kappa shape index (κ2) is 9.03. The van der Waals surface area contributed by atoms with Crippen molar-refractivity contribution in [2.24, 2.45) is 21.8 Å². The highest BCUT2D eigenvalue weighted by Gasteiger charge is 2.33. The Bertz CT molecular complexity index is 706. The monoisotopic (exact) mass is 454 g/mol. The predicted molar refractivity (Wildman–Crippen MR) is 110 cm³/mol. The molecular weight excluding hydrogens is 432 g/mol. The number of allylic oxidation sites excluding steroid dienone is 2. The number of hydrogen-bond acceptors (Lipinski definition) is 6. The first-order valence-corrected chi connectivity index (χ1v) is 11.2. The Kier molecular flexibility index (Phi) is 6.47. The number of hydrogen-bond donors (Lipinski definition) is 0. The number of aliphatic imine (C=N–C) groups is 2. The molecule has 27 heavy (non-hydrogen) atoms. The molecule has 0 N–H and O–H groups in total. The Morgan fingerprint density at radius 1 is 1.15 bits per heavy atom. The van der Waals surface area contributed by atoms with Crippen molar-refractivity contribution < 1.29 is 19.0 Å². The van der Waals surface area contributed by atoms with E-state index in [1.165, 1.54) is 0 Å². The molecule has 2 fully saturated rings. The maximum Gasteiger partial charge on any atom is 0.261 e. The number of amidine groups is 1. The molecule has 8 heteroatoms. The lowest BCUT2D eigenvalue weighted by molar-refractivity contribution is -0.118. The second-order valence-electron chi connectivity index (χ2n) is 7.08. The third kappa shape index (κ3) is 4.91. The van der Waals surface area contributed by atoms with E-state index in [1.807, 2.05) is 23.9 Å². The lowest BCUT2D eigenvalue weighted by Crippen LogP contribution is -2.31. The molecule has 2 atom stereocenters. The van der Waals surface area contributed by atoms with Crippen molar-refractivity contribution in [2.45, 2.75) is 24.5 Å². The molecule has 3 aliphatic heterocycles. The van der Waals surface area contributed by atoms with E-state index in [4.69, 9.17) is 14.2 Å². The minimum atomic E-state index is -0.441. The lowest BCUT2D eigenvalue weighted by Gasteiger charge is -2.25. The molecule has 0 spiro atoms. The summed E-state index contributed by atoms with van der Waals surface area (Å²) >= 11 is 5.32. The fourth-order valence-electron chi connectivity index (χ4n) is 3.45. The van der Waals surface area contributed by atoms with Crippen molar-refractivity contribution in [1.82, 2.24) is 0 Å². The summed E-state index contributed by atoms with van der Waals surface area (Å²) in [6.45, 7) is 3.80. The number of rotatable bonds is 6. The SMILES string of the molecule is O=C1N=C(CSC2CCOCC2)N=C2C=C(OCC3CCOC3)C=C(Br)C12. The largest absolute Gasteiger partial charge is 0.493 e. The van der Waals surface area contributed by atoms with Gasteiger partial charge < -0.3 is 14.2 Å². The first-order valence-electron chi connectivity index (χ1n) is 9.37. The van der Waals surface area contributed by atoms with E-state index in [2.05, 4.69) is 25.9 Å². The summed E-state index contributed by atoms with van der Waals surface area (Å²) in [5, 5.41) is 0.551. The van der Waals surface area contributed by atoms with Crippen molar-refractivity contribution in [1.29, 1.82) is 0 Å². The van der Waals surface area contributed by atoms with Crippen LogP contribution in [0.15, 0.2) is 32.4 Å². The average Bonchev–Trinajstić information content (AvgIpc) is 3.19. The van der Waals surface area contributed by atoms with Crippen LogP contribution in [0, 0.1) is 11.8 Å². The van der Waals surface area contributed by atoms with Crippen LogP contribution in [-0.2, 0) is 19.0 Å². The van der Waals surface area contributed by atoms with Crippen LogP contribution in [0.25, 0.3) is 0 Å². The molecule has 0 radical (unpaired) electrons. The lowest BCUT2D eigenvalue weighted by atomic mass is 9.95. The molecular formula is C19H23BrN2O4S. The molecule has 4 aliphatic rings. The van der Waals surface area contributed by atoms with Gasteiger partial charge in [0.05, 0.1) is 24.7 Å². The van der Waals surface area contributed by atoms with Crippen molar-refractivity contribution in [3.8, 4) is 0 Å². The first-order chi connectivity index (χ1) is 13.2. The quantitative estimate of drug-likeness (QED) is 0.616. The van der Waals surface area contributed by atoms with Gasteiger partial charge in [0.25, 0.3) is 5.91 Å². The molecule has 0 saturated carbocycles. The number of fused-ring (bicyclic) bond motifs is 1. The average molecular weight is 455 g/mol. The Balaban J connectivity index is 1.41. The van der Waals surface area contributed by atoms with Crippen LogP contribution in [0.1, 0.15) is 19.3 Å². The van der Waals surface area contributed by atoms with Gasteiger partial charge in [0.2, 0.25) is 0 Å². The molecule has 6 nitrogen and oxygen atoms in total. The number of carbonyl (C=O) groups excluding carboxylic acids is 1. The van der Waals surface area contributed by atoms with Crippen LogP contribution >= 0.6 is 27.7 Å². The van der Waals surface area contributed by atoms with Gasteiger partial charge in [-0.25, -0.2) is 4.99 Å². The van der Waals surface area contributed by atoms with Crippen LogP contribution in [-0.4, -0.2) is 61.5 Å². The third-order valence-corrected chi connectivity index (χ3v) is 7.07. The summed E-state index contributed by atoms with van der Waals surface area (Å²) in [7, 11) is 0. The Labute approximate surface area is 171 Å². The zero-order chi connectivity index (χ0) is 18.6. The molecule has 0 aromatic carbocycles. The van der Waals surface area contributed by atoms with Gasteiger partial charge in [0, 0.05) is 41.5 Å². The van der Waals surface area contributed by atoms with Gasteiger partial charge in [0.1, 0.15) is 17.5 Å². The van der Waals surface area contributed by atoms with Crippen LogP contribution < -0.4 is 0 Å². The van der Waals surface area contributed by atoms with Gasteiger partial charge in [0.15, 0.2) is 0 Å². The minimum absolute atomic E-state index is 0.162. The Morgan fingerprint density at radius 2 is 1.96 bits per heavy atom. The first kappa shape index (κ1) is 19.4. The zero-order valence-electron chi connectivity index (χ0n) is 15.1. The summed E-state index contributed by atoms with van der Waals surface area (Å²) in [6, 6.07) is 0. The van der Waals surface area contributed by atoms with E-state index < -0.39 is 5.92 Å². The van der Waals surface area contributed by atoms with Gasteiger partial charge in [-0.15, -0.1) is 0 Å². The summed E-state index contributed by atoms with van der Waals surface area (Å²) in [5.74, 6) is 1.81. The molecule has 0 aromatic rings. The molecule has 2 unspecified atom stereocenters. The van der Waals surface area contributed by atoms with Crippen molar-refractivity contribution in [3.63, 3.8) is 0 Å². The van der Waals surface area contributed by atoms with Crippen molar-refractivity contribution in [2.75, 3.05) is 38.8 Å². The molecule has 0 bridgehead atoms. The zero-order valence-corrected chi connectivity index (χ0v) is 17.5. The normalized spacial score (nSPS) is 28.9. The Hall–Kier alpha value is -0.960. The van der Waals surface area contributed by atoms with Crippen molar-refractivity contribution >= 4 is 45.1 Å². The summed E-state index contributed by atoms with van der Waals surface area (Å²) in [6.07, 6.45) is 6.84. The van der Waals surface area contributed by atoms with Gasteiger partial charge in [-0.1, -0.05) is 15.9 Å². The maximum atomic E-state index is 12.5. The third-order valence-electron chi connectivity index (χ3n) is 5.01. The van der Waals surface area contributed by atoms with Crippen LogP contribution in [0.2, 0.25) is 0 Å². The highest BCUT2D eigenvalue weighted by molar-refractivity contribution is 9.11.